The first kappa shape index (κ1) is 13.0. The Kier molecular flexibility index (Phi) is 4.20. The number of hydrogen-bond donors (Lipinski definition) is 1. The van der Waals surface area contributed by atoms with Crippen LogP contribution in [-0.2, 0) is 6.42 Å². The van der Waals surface area contributed by atoms with Crippen molar-refractivity contribution in [2.24, 2.45) is 0 Å². The fourth-order valence-corrected chi connectivity index (χ4v) is 2.94. The third-order valence-corrected chi connectivity index (χ3v) is 4.15. The van der Waals surface area contributed by atoms with Gasteiger partial charge in [0.1, 0.15) is 5.82 Å². The van der Waals surface area contributed by atoms with Crippen LogP contribution in [0, 0.1) is 5.82 Å². The predicted octanol–water partition coefficient (Wildman–Crippen LogP) is 4.58. The Morgan fingerprint density at radius 1 is 1.41 bits per heavy atom. The van der Waals surface area contributed by atoms with Crippen LogP contribution < -0.4 is 0 Å². The van der Waals surface area contributed by atoms with E-state index in [1.165, 1.54) is 23.5 Å². The molecule has 0 bridgehead atoms. The van der Waals surface area contributed by atoms with Gasteiger partial charge in [0.2, 0.25) is 0 Å². The maximum Gasteiger partial charge on any atom is 0.126 e. The highest BCUT2D eigenvalue weighted by Crippen LogP contribution is 2.28. The van der Waals surface area contributed by atoms with E-state index in [0.29, 0.717) is 10.6 Å². The number of benzene rings is 1. The smallest absolute Gasteiger partial charge is 0.126 e. The summed E-state index contributed by atoms with van der Waals surface area (Å²) in [6.07, 6.45) is -0.499. The minimum Gasteiger partial charge on any atom is -0.388 e. The van der Waals surface area contributed by atoms with Gasteiger partial charge in [-0.25, -0.2) is 4.39 Å². The van der Waals surface area contributed by atoms with E-state index in [1.54, 1.807) is 6.07 Å². The molecule has 90 valence electrons. The van der Waals surface area contributed by atoms with Gasteiger partial charge in [0.15, 0.2) is 0 Å². The van der Waals surface area contributed by atoms with Crippen molar-refractivity contribution in [3.05, 3.63) is 55.4 Å². The summed E-state index contributed by atoms with van der Waals surface area (Å²) in [5.41, 5.74) is 1.20. The molecule has 0 amide bonds. The van der Waals surface area contributed by atoms with E-state index in [-0.39, 0.29) is 12.2 Å². The highest BCUT2D eigenvalue weighted by atomic mass is 79.9. The molecule has 17 heavy (non-hydrogen) atoms. The minimum atomic E-state index is -0.717. The summed E-state index contributed by atoms with van der Waals surface area (Å²) in [5, 5.41) is 12.3. The Morgan fingerprint density at radius 2 is 2.18 bits per heavy atom. The highest BCUT2D eigenvalue weighted by molar-refractivity contribution is 9.11. The third-order valence-electron chi connectivity index (χ3n) is 2.39. The molecule has 2 rings (SSSR count). The van der Waals surface area contributed by atoms with Gasteiger partial charge in [-0.1, -0.05) is 11.6 Å². The number of hydrogen-bond acceptors (Lipinski definition) is 2. The molecule has 0 spiro atoms. The van der Waals surface area contributed by atoms with E-state index in [4.69, 9.17) is 11.6 Å². The predicted molar refractivity (Wildman–Crippen MR) is 72.1 cm³/mol. The first-order chi connectivity index (χ1) is 8.06. The standard InChI is InChI=1S/C12H9BrClFOS/c13-12-5-8(6-17-12)11(16)4-7-3-9(14)1-2-10(7)15/h1-3,5-6,11,16H,4H2. The SMILES string of the molecule is OC(Cc1cc(Cl)ccc1F)c1csc(Br)c1. The van der Waals surface area contributed by atoms with Crippen molar-refractivity contribution in [3.8, 4) is 0 Å². The maximum atomic E-state index is 13.5. The number of aliphatic hydroxyl groups excluding tert-OH is 1. The lowest BCUT2D eigenvalue weighted by Gasteiger charge is -2.10. The second-order valence-corrected chi connectivity index (χ2v) is 6.37. The summed E-state index contributed by atoms with van der Waals surface area (Å²) in [5.74, 6) is -0.345. The molecular weight excluding hydrogens is 327 g/mol. The zero-order valence-corrected chi connectivity index (χ0v) is 11.8. The van der Waals surface area contributed by atoms with Gasteiger partial charge >= 0.3 is 0 Å². The van der Waals surface area contributed by atoms with Crippen LogP contribution in [0.5, 0.6) is 0 Å². The Morgan fingerprint density at radius 3 is 2.82 bits per heavy atom. The zero-order chi connectivity index (χ0) is 12.4. The largest absolute Gasteiger partial charge is 0.388 e. The van der Waals surface area contributed by atoms with Gasteiger partial charge in [-0.3, -0.25) is 0 Å². The molecule has 1 aromatic carbocycles. The van der Waals surface area contributed by atoms with Crippen molar-refractivity contribution in [2.45, 2.75) is 12.5 Å². The summed E-state index contributed by atoms with van der Waals surface area (Å²) in [7, 11) is 0. The van der Waals surface area contributed by atoms with Crippen LogP contribution in [0.1, 0.15) is 17.2 Å². The van der Waals surface area contributed by atoms with Crippen molar-refractivity contribution >= 4 is 38.9 Å². The molecule has 0 aliphatic carbocycles. The molecule has 0 fully saturated rings. The van der Waals surface area contributed by atoms with Crippen LogP contribution in [0.4, 0.5) is 4.39 Å². The van der Waals surface area contributed by atoms with Crippen LogP contribution in [0.25, 0.3) is 0 Å². The molecule has 0 saturated carbocycles. The molecule has 0 radical (unpaired) electrons. The molecule has 2 aromatic rings. The second kappa shape index (κ2) is 5.48. The average Bonchev–Trinajstić information content (AvgIpc) is 2.70. The number of halogens is 3. The van der Waals surface area contributed by atoms with Gasteiger partial charge in [0, 0.05) is 11.4 Å². The van der Waals surface area contributed by atoms with E-state index < -0.39 is 6.10 Å². The van der Waals surface area contributed by atoms with Gasteiger partial charge in [-0.05, 0) is 56.7 Å². The van der Waals surface area contributed by atoms with E-state index >= 15 is 0 Å². The average molecular weight is 336 g/mol. The second-order valence-electron chi connectivity index (χ2n) is 3.64. The number of aliphatic hydroxyl groups is 1. The van der Waals surface area contributed by atoms with E-state index in [1.807, 2.05) is 11.4 Å². The van der Waals surface area contributed by atoms with Gasteiger partial charge in [0.25, 0.3) is 0 Å². The topological polar surface area (TPSA) is 20.2 Å². The van der Waals surface area contributed by atoms with Gasteiger partial charge in [-0.2, -0.15) is 0 Å². The first-order valence-corrected chi connectivity index (χ1v) is 6.97. The first-order valence-electron chi connectivity index (χ1n) is 4.92. The van der Waals surface area contributed by atoms with E-state index in [0.717, 1.165) is 9.35 Å². The molecule has 1 unspecified atom stereocenters. The molecule has 1 atom stereocenters. The van der Waals surface area contributed by atoms with Crippen LogP contribution >= 0.6 is 38.9 Å². The van der Waals surface area contributed by atoms with Crippen LogP contribution in [0.2, 0.25) is 5.02 Å². The molecule has 1 heterocycles. The van der Waals surface area contributed by atoms with Crippen LogP contribution in [0.3, 0.4) is 0 Å². The molecule has 0 aliphatic heterocycles. The Hall–Kier alpha value is -0.420. The van der Waals surface area contributed by atoms with Crippen molar-refractivity contribution < 1.29 is 9.50 Å². The Bertz CT molecular complexity index is 529. The molecule has 5 heteroatoms. The summed E-state index contributed by atoms with van der Waals surface area (Å²) in [6, 6.07) is 6.18. The van der Waals surface area contributed by atoms with Gasteiger partial charge in [0.05, 0.1) is 9.89 Å². The van der Waals surface area contributed by atoms with Gasteiger partial charge in [-0.15, -0.1) is 11.3 Å². The number of rotatable bonds is 3. The molecule has 0 aliphatic rings. The Balaban J connectivity index is 2.18. The summed E-state index contributed by atoms with van der Waals surface area (Å²) in [6.45, 7) is 0. The number of thiophene rings is 1. The molecule has 1 nitrogen and oxygen atoms in total. The summed E-state index contributed by atoms with van der Waals surface area (Å²) in [4.78, 5) is 0. The van der Waals surface area contributed by atoms with E-state index in [9.17, 15) is 9.50 Å². The fraction of sp³-hybridized carbons (Fsp3) is 0.167. The molecule has 1 aromatic heterocycles. The summed E-state index contributed by atoms with van der Waals surface area (Å²) < 4.78 is 14.4. The monoisotopic (exact) mass is 334 g/mol. The molecule has 1 N–H and O–H groups in total. The van der Waals surface area contributed by atoms with E-state index in [2.05, 4.69) is 15.9 Å². The lowest BCUT2D eigenvalue weighted by molar-refractivity contribution is 0.177. The quantitative estimate of drug-likeness (QED) is 0.870. The Labute approximate surface area is 116 Å². The lowest BCUT2D eigenvalue weighted by Crippen LogP contribution is -2.02. The fourth-order valence-electron chi connectivity index (χ4n) is 1.52. The van der Waals surface area contributed by atoms with Crippen LogP contribution in [0.15, 0.2) is 33.4 Å². The molecular formula is C12H9BrClFOS. The zero-order valence-electron chi connectivity index (χ0n) is 8.66. The lowest BCUT2D eigenvalue weighted by atomic mass is 10.0. The highest BCUT2D eigenvalue weighted by Gasteiger charge is 2.13. The summed E-state index contributed by atoms with van der Waals surface area (Å²) >= 11 is 10.6. The van der Waals surface area contributed by atoms with Gasteiger partial charge < -0.3 is 5.11 Å². The van der Waals surface area contributed by atoms with Crippen molar-refractivity contribution in [1.82, 2.24) is 0 Å². The minimum absolute atomic E-state index is 0.218. The van der Waals surface area contributed by atoms with Crippen molar-refractivity contribution in [3.63, 3.8) is 0 Å². The normalized spacial score (nSPS) is 12.7. The maximum absolute atomic E-state index is 13.5. The van der Waals surface area contributed by atoms with Crippen LogP contribution in [-0.4, -0.2) is 5.11 Å². The third kappa shape index (κ3) is 3.28. The molecule has 0 saturated heterocycles. The van der Waals surface area contributed by atoms with Crippen molar-refractivity contribution in [1.29, 1.82) is 0 Å². The van der Waals surface area contributed by atoms with Crippen molar-refractivity contribution in [2.75, 3.05) is 0 Å².